The predicted molar refractivity (Wildman–Crippen MR) is 89.2 cm³/mol. The molecule has 1 rings (SSSR count). The summed E-state index contributed by atoms with van der Waals surface area (Å²) in [5, 5.41) is 3.49. The number of hydrogen-bond acceptors (Lipinski definition) is 3. The van der Waals surface area contributed by atoms with Gasteiger partial charge in [0.15, 0.2) is 11.5 Å². The molecule has 1 unspecified atom stereocenters. The molecule has 0 spiro atoms. The fourth-order valence-corrected chi connectivity index (χ4v) is 2.13. The molecule has 0 aliphatic heterocycles. The van der Waals surface area contributed by atoms with Gasteiger partial charge in [-0.1, -0.05) is 39.2 Å². The number of nitrogens with one attached hydrogen (secondary N) is 1. The quantitative estimate of drug-likeness (QED) is 0.607. The average Bonchev–Trinajstić information content (AvgIpc) is 2.51. The molecule has 0 bridgehead atoms. The molecule has 120 valence electrons. The summed E-state index contributed by atoms with van der Waals surface area (Å²) in [6.07, 6.45) is 6.38. The molecule has 0 radical (unpaired) electrons. The summed E-state index contributed by atoms with van der Waals surface area (Å²) in [7, 11) is 1.70. The van der Waals surface area contributed by atoms with Crippen LogP contribution in [-0.4, -0.2) is 19.8 Å². The molecule has 0 fully saturated rings. The normalized spacial score (nSPS) is 12.2. The Labute approximate surface area is 130 Å². The molecule has 0 aliphatic rings. The van der Waals surface area contributed by atoms with E-state index in [0.717, 1.165) is 31.0 Å². The zero-order chi connectivity index (χ0) is 15.5. The van der Waals surface area contributed by atoms with Crippen LogP contribution in [0, 0.1) is 0 Å². The molecule has 0 amide bonds. The lowest BCUT2D eigenvalue weighted by molar-refractivity contribution is 0.207. The van der Waals surface area contributed by atoms with Gasteiger partial charge in [-0.2, -0.15) is 0 Å². The maximum Gasteiger partial charge on any atom is 0.161 e. The molecule has 0 saturated carbocycles. The monoisotopic (exact) mass is 293 g/mol. The minimum Gasteiger partial charge on any atom is -0.493 e. The van der Waals surface area contributed by atoms with Gasteiger partial charge in [0.2, 0.25) is 0 Å². The topological polar surface area (TPSA) is 30.5 Å². The van der Waals surface area contributed by atoms with Crippen molar-refractivity contribution in [2.45, 2.75) is 65.5 Å². The minimum absolute atomic E-state index is 0.210. The molecule has 1 N–H and O–H groups in total. The molecule has 1 atom stereocenters. The van der Waals surface area contributed by atoms with E-state index in [1.807, 2.05) is 6.07 Å². The van der Waals surface area contributed by atoms with Crippen molar-refractivity contribution in [3.63, 3.8) is 0 Å². The number of ether oxygens (including phenoxy) is 2. The van der Waals surface area contributed by atoms with Gasteiger partial charge < -0.3 is 14.8 Å². The summed E-state index contributed by atoms with van der Waals surface area (Å²) in [5.74, 6) is 1.65. The summed E-state index contributed by atoms with van der Waals surface area (Å²) in [6.45, 7) is 8.39. The van der Waals surface area contributed by atoms with Crippen molar-refractivity contribution >= 4 is 0 Å². The van der Waals surface area contributed by atoms with E-state index in [0.29, 0.717) is 0 Å². The third-order valence-corrected chi connectivity index (χ3v) is 3.67. The van der Waals surface area contributed by atoms with Crippen LogP contribution in [0.1, 0.15) is 58.4 Å². The van der Waals surface area contributed by atoms with Crippen LogP contribution in [0.3, 0.4) is 0 Å². The fourth-order valence-electron chi connectivity index (χ4n) is 2.13. The van der Waals surface area contributed by atoms with Gasteiger partial charge in [-0.05, 0) is 44.0 Å². The highest BCUT2D eigenvalue weighted by atomic mass is 16.5. The Morgan fingerprint density at radius 1 is 1.10 bits per heavy atom. The first kappa shape index (κ1) is 17.8. The van der Waals surface area contributed by atoms with Crippen LogP contribution in [-0.2, 0) is 6.54 Å². The Balaban J connectivity index is 2.45. The first-order chi connectivity index (χ1) is 10.2. The maximum atomic E-state index is 5.87. The molecule has 0 heterocycles. The molecule has 1 aromatic carbocycles. The van der Waals surface area contributed by atoms with Crippen molar-refractivity contribution < 1.29 is 9.47 Å². The van der Waals surface area contributed by atoms with Crippen molar-refractivity contribution in [1.82, 2.24) is 5.32 Å². The largest absolute Gasteiger partial charge is 0.493 e. The van der Waals surface area contributed by atoms with Crippen LogP contribution < -0.4 is 14.8 Å². The van der Waals surface area contributed by atoms with E-state index in [2.05, 4.69) is 38.2 Å². The summed E-state index contributed by atoms with van der Waals surface area (Å²) in [6, 6.07) is 6.19. The van der Waals surface area contributed by atoms with Crippen molar-refractivity contribution in [2.24, 2.45) is 0 Å². The van der Waals surface area contributed by atoms with E-state index >= 15 is 0 Å². The number of hydrogen-bond donors (Lipinski definition) is 1. The molecular weight excluding hydrogens is 262 g/mol. The van der Waals surface area contributed by atoms with Crippen LogP contribution in [0.5, 0.6) is 11.5 Å². The van der Waals surface area contributed by atoms with E-state index in [9.17, 15) is 0 Å². The molecule has 21 heavy (non-hydrogen) atoms. The molecule has 1 aromatic rings. The lowest BCUT2D eigenvalue weighted by atomic mass is 10.2. The molecule has 0 saturated heterocycles. The molecule has 0 aromatic heterocycles. The van der Waals surface area contributed by atoms with E-state index in [1.165, 1.54) is 31.2 Å². The Kier molecular flexibility index (Phi) is 8.91. The van der Waals surface area contributed by atoms with Crippen molar-refractivity contribution in [2.75, 3.05) is 13.7 Å². The SMILES string of the molecule is CCCCCCNCc1ccc(OC(C)CC)c(OC)c1. The Hall–Kier alpha value is -1.22. The molecular formula is C18H31NO2. The summed E-state index contributed by atoms with van der Waals surface area (Å²) in [4.78, 5) is 0. The number of rotatable bonds is 11. The van der Waals surface area contributed by atoms with Crippen molar-refractivity contribution in [1.29, 1.82) is 0 Å². The Bertz CT molecular complexity index is 393. The van der Waals surface area contributed by atoms with Crippen LogP contribution in [0.2, 0.25) is 0 Å². The molecule has 3 nitrogen and oxygen atoms in total. The highest BCUT2D eigenvalue weighted by Crippen LogP contribution is 2.29. The highest BCUT2D eigenvalue weighted by molar-refractivity contribution is 5.43. The zero-order valence-corrected chi connectivity index (χ0v) is 14.1. The minimum atomic E-state index is 0.210. The third kappa shape index (κ3) is 6.85. The van der Waals surface area contributed by atoms with Crippen LogP contribution in [0.15, 0.2) is 18.2 Å². The molecule has 0 aliphatic carbocycles. The molecule has 3 heteroatoms. The maximum absolute atomic E-state index is 5.87. The van der Waals surface area contributed by atoms with Gasteiger partial charge in [0.1, 0.15) is 0 Å². The third-order valence-electron chi connectivity index (χ3n) is 3.67. The lowest BCUT2D eigenvalue weighted by Gasteiger charge is -2.16. The Morgan fingerprint density at radius 2 is 1.90 bits per heavy atom. The van der Waals surface area contributed by atoms with Gasteiger partial charge in [0.25, 0.3) is 0 Å². The van der Waals surface area contributed by atoms with Crippen LogP contribution in [0.4, 0.5) is 0 Å². The van der Waals surface area contributed by atoms with Gasteiger partial charge in [0, 0.05) is 6.54 Å². The van der Waals surface area contributed by atoms with E-state index in [1.54, 1.807) is 7.11 Å². The smallest absolute Gasteiger partial charge is 0.161 e. The first-order valence-electron chi connectivity index (χ1n) is 8.25. The fraction of sp³-hybridized carbons (Fsp3) is 0.667. The number of unbranched alkanes of at least 4 members (excludes halogenated alkanes) is 3. The number of benzene rings is 1. The van der Waals surface area contributed by atoms with Crippen molar-refractivity contribution in [3.05, 3.63) is 23.8 Å². The van der Waals surface area contributed by atoms with Gasteiger partial charge in [-0.25, -0.2) is 0 Å². The van der Waals surface area contributed by atoms with E-state index in [4.69, 9.17) is 9.47 Å². The Morgan fingerprint density at radius 3 is 2.57 bits per heavy atom. The number of methoxy groups -OCH3 is 1. The first-order valence-corrected chi connectivity index (χ1v) is 8.25. The summed E-state index contributed by atoms with van der Waals surface area (Å²) in [5.41, 5.74) is 1.24. The zero-order valence-electron chi connectivity index (χ0n) is 14.1. The average molecular weight is 293 g/mol. The van der Waals surface area contributed by atoms with Gasteiger partial charge >= 0.3 is 0 Å². The summed E-state index contributed by atoms with van der Waals surface area (Å²) >= 11 is 0. The second kappa shape index (κ2) is 10.5. The van der Waals surface area contributed by atoms with Crippen molar-refractivity contribution in [3.8, 4) is 11.5 Å². The van der Waals surface area contributed by atoms with Crippen LogP contribution in [0.25, 0.3) is 0 Å². The van der Waals surface area contributed by atoms with E-state index in [-0.39, 0.29) is 6.10 Å². The van der Waals surface area contributed by atoms with Crippen LogP contribution >= 0.6 is 0 Å². The summed E-state index contributed by atoms with van der Waals surface area (Å²) < 4.78 is 11.3. The van der Waals surface area contributed by atoms with Gasteiger partial charge in [-0.15, -0.1) is 0 Å². The predicted octanol–water partition coefficient (Wildman–Crippen LogP) is 4.54. The van der Waals surface area contributed by atoms with Gasteiger partial charge in [0.05, 0.1) is 13.2 Å². The standard InChI is InChI=1S/C18H31NO2/c1-5-7-8-9-12-19-14-16-10-11-17(18(13-16)20-4)21-15(3)6-2/h10-11,13,15,19H,5-9,12,14H2,1-4H3. The lowest BCUT2D eigenvalue weighted by Crippen LogP contribution is -2.15. The second-order valence-electron chi connectivity index (χ2n) is 5.56. The van der Waals surface area contributed by atoms with E-state index < -0.39 is 0 Å². The highest BCUT2D eigenvalue weighted by Gasteiger charge is 2.08. The second-order valence-corrected chi connectivity index (χ2v) is 5.56. The van der Waals surface area contributed by atoms with Gasteiger partial charge in [-0.3, -0.25) is 0 Å².